The van der Waals surface area contributed by atoms with Crippen molar-refractivity contribution in [3.8, 4) is 0 Å². The Morgan fingerprint density at radius 2 is 2.32 bits per heavy atom. The van der Waals surface area contributed by atoms with Crippen LogP contribution in [-0.2, 0) is 0 Å². The van der Waals surface area contributed by atoms with Gasteiger partial charge in [-0.1, -0.05) is 11.6 Å². The van der Waals surface area contributed by atoms with Crippen molar-refractivity contribution in [3.05, 3.63) is 45.9 Å². The lowest BCUT2D eigenvalue weighted by Gasteiger charge is -2.28. The predicted molar refractivity (Wildman–Crippen MR) is 97.3 cm³/mol. The van der Waals surface area contributed by atoms with Gasteiger partial charge in [-0.3, -0.25) is 4.99 Å². The predicted octanol–water partition coefficient (Wildman–Crippen LogP) is 1.14. The molecule has 4 aliphatic heterocycles. The first-order chi connectivity index (χ1) is 12.2. The topological polar surface area (TPSA) is 72.5 Å². The lowest BCUT2D eigenvalue weighted by atomic mass is 10.00. The molecule has 25 heavy (non-hydrogen) atoms. The van der Waals surface area contributed by atoms with Crippen molar-refractivity contribution < 1.29 is 4.39 Å². The summed E-state index contributed by atoms with van der Waals surface area (Å²) in [7, 11) is 0. The van der Waals surface area contributed by atoms with E-state index in [1.54, 1.807) is 12.4 Å². The zero-order valence-corrected chi connectivity index (χ0v) is 14.6. The second-order valence-corrected chi connectivity index (χ2v) is 7.05. The molecule has 4 rings (SSSR count). The Morgan fingerprint density at radius 1 is 1.40 bits per heavy atom. The third-order valence-corrected chi connectivity index (χ3v) is 5.03. The van der Waals surface area contributed by atoms with Gasteiger partial charge in [-0.25, -0.2) is 4.39 Å². The molecule has 0 bridgehead atoms. The van der Waals surface area contributed by atoms with Crippen LogP contribution in [0.2, 0.25) is 0 Å². The summed E-state index contributed by atoms with van der Waals surface area (Å²) >= 11 is 6.09. The van der Waals surface area contributed by atoms with Crippen molar-refractivity contribution in [1.82, 2.24) is 26.6 Å². The Hall–Kier alpha value is -1.99. The van der Waals surface area contributed by atoms with Crippen LogP contribution in [0.5, 0.6) is 0 Å². The number of piperidine rings is 1. The van der Waals surface area contributed by atoms with Crippen LogP contribution in [0.4, 0.5) is 4.39 Å². The van der Waals surface area contributed by atoms with Crippen LogP contribution in [-0.4, -0.2) is 38.6 Å². The van der Waals surface area contributed by atoms with Crippen molar-refractivity contribution in [2.45, 2.75) is 19.0 Å². The minimum Gasteiger partial charge on any atom is -0.369 e. The fourth-order valence-corrected chi connectivity index (χ4v) is 3.62. The van der Waals surface area contributed by atoms with Crippen molar-refractivity contribution >= 4 is 17.8 Å². The van der Waals surface area contributed by atoms with E-state index >= 15 is 0 Å². The van der Waals surface area contributed by atoms with Gasteiger partial charge in [0.1, 0.15) is 17.8 Å². The number of nitrogens with zero attached hydrogens (tertiary/aromatic N) is 1. The lowest BCUT2D eigenvalue weighted by Crippen LogP contribution is -2.43. The lowest BCUT2D eigenvalue weighted by molar-refractivity contribution is 0.362. The van der Waals surface area contributed by atoms with E-state index in [9.17, 15) is 4.39 Å². The molecule has 1 fully saturated rings. The Kier molecular flexibility index (Phi) is 4.67. The smallest absolute Gasteiger partial charge is 0.159 e. The average molecular weight is 365 g/mol. The summed E-state index contributed by atoms with van der Waals surface area (Å²) in [5.41, 5.74) is 1.87. The number of dihydropyridines is 1. The summed E-state index contributed by atoms with van der Waals surface area (Å²) in [6.07, 6.45) is 7.61. The number of rotatable bonds is 3. The summed E-state index contributed by atoms with van der Waals surface area (Å²) in [5, 5.41) is 16.6. The van der Waals surface area contributed by atoms with E-state index in [0.717, 1.165) is 36.6 Å². The van der Waals surface area contributed by atoms with Crippen molar-refractivity contribution in [3.63, 3.8) is 0 Å². The van der Waals surface area contributed by atoms with E-state index in [1.165, 1.54) is 12.8 Å². The summed E-state index contributed by atoms with van der Waals surface area (Å²) in [5.74, 6) is 1.49. The summed E-state index contributed by atoms with van der Waals surface area (Å²) in [4.78, 5) is 4.43. The van der Waals surface area contributed by atoms with E-state index in [0.29, 0.717) is 16.8 Å². The Bertz CT molecular complexity index is 702. The molecule has 0 aromatic rings. The Balaban J connectivity index is 1.48. The second kappa shape index (κ2) is 7.09. The van der Waals surface area contributed by atoms with Gasteiger partial charge in [0.15, 0.2) is 5.83 Å². The summed E-state index contributed by atoms with van der Waals surface area (Å²) in [6.45, 7) is 2.96. The van der Waals surface area contributed by atoms with Crippen LogP contribution in [0.25, 0.3) is 0 Å². The van der Waals surface area contributed by atoms with Crippen LogP contribution in [0.3, 0.4) is 0 Å². The van der Waals surface area contributed by atoms with Gasteiger partial charge >= 0.3 is 0 Å². The first-order valence-corrected chi connectivity index (χ1v) is 9.04. The standard InChI is InChI=1S/C17H22ClFN6/c18-11-4-12-13(8-23-15(12)22-7-11)16-24-9-14(19)17(25-16)21-6-10-2-1-3-20-5-10/h4,7-8,10,15,20-22,24-25H,1-3,5-6,9H2/t10-,15?/m0/s1. The van der Waals surface area contributed by atoms with Gasteiger partial charge in [0.25, 0.3) is 0 Å². The molecule has 1 unspecified atom stereocenters. The maximum atomic E-state index is 14.2. The van der Waals surface area contributed by atoms with Gasteiger partial charge < -0.3 is 26.6 Å². The number of hydrogen-bond donors (Lipinski definition) is 5. The molecule has 8 heteroatoms. The maximum Gasteiger partial charge on any atom is 0.159 e. The van der Waals surface area contributed by atoms with E-state index in [2.05, 4.69) is 31.6 Å². The number of halogens is 2. The molecule has 0 aromatic heterocycles. The van der Waals surface area contributed by atoms with Crippen LogP contribution in [0.1, 0.15) is 12.8 Å². The van der Waals surface area contributed by atoms with Gasteiger partial charge in [0.05, 0.1) is 11.6 Å². The molecule has 0 spiro atoms. The molecule has 0 aliphatic carbocycles. The number of aliphatic imine (C=N–C) groups is 1. The zero-order valence-electron chi connectivity index (χ0n) is 13.8. The molecular formula is C17H22ClFN6. The summed E-state index contributed by atoms with van der Waals surface area (Å²) < 4.78 is 14.2. The molecular weight excluding hydrogens is 343 g/mol. The number of allylic oxidation sites excluding steroid dienone is 2. The average Bonchev–Trinajstić information content (AvgIpc) is 3.05. The van der Waals surface area contributed by atoms with E-state index in [-0.39, 0.29) is 18.5 Å². The minimum absolute atomic E-state index is 0.130. The molecule has 0 aromatic carbocycles. The van der Waals surface area contributed by atoms with E-state index in [1.807, 2.05) is 6.08 Å². The SMILES string of the molecule is FC1=C(NC[C@H]2CCCNC2)NC(=C2C=NC3NC=C(Cl)C=C23)NC1. The molecule has 6 nitrogen and oxygen atoms in total. The molecule has 4 heterocycles. The van der Waals surface area contributed by atoms with Gasteiger partial charge in [0.2, 0.25) is 0 Å². The highest BCUT2D eigenvalue weighted by atomic mass is 35.5. The first-order valence-electron chi connectivity index (χ1n) is 8.66. The third-order valence-electron chi connectivity index (χ3n) is 4.81. The molecule has 5 N–H and O–H groups in total. The van der Waals surface area contributed by atoms with E-state index < -0.39 is 0 Å². The quantitative estimate of drug-likeness (QED) is 0.519. The molecule has 0 saturated carbocycles. The Morgan fingerprint density at radius 3 is 3.16 bits per heavy atom. The first kappa shape index (κ1) is 16.5. The highest BCUT2D eigenvalue weighted by molar-refractivity contribution is 6.31. The third kappa shape index (κ3) is 3.52. The molecule has 2 atom stereocenters. The molecule has 134 valence electrons. The van der Waals surface area contributed by atoms with Gasteiger partial charge in [0, 0.05) is 30.1 Å². The fraction of sp³-hybridized carbons (Fsp3) is 0.471. The largest absolute Gasteiger partial charge is 0.369 e. The van der Waals surface area contributed by atoms with Crippen molar-refractivity contribution in [2.24, 2.45) is 10.9 Å². The van der Waals surface area contributed by atoms with Gasteiger partial charge in [-0.15, -0.1) is 0 Å². The van der Waals surface area contributed by atoms with Gasteiger partial charge in [-0.2, -0.15) is 0 Å². The maximum absolute atomic E-state index is 14.2. The highest BCUT2D eigenvalue weighted by Crippen LogP contribution is 2.28. The van der Waals surface area contributed by atoms with Crippen LogP contribution in [0, 0.1) is 5.92 Å². The van der Waals surface area contributed by atoms with Crippen molar-refractivity contribution in [2.75, 3.05) is 26.2 Å². The van der Waals surface area contributed by atoms with E-state index in [4.69, 9.17) is 11.6 Å². The highest BCUT2D eigenvalue weighted by Gasteiger charge is 2.28. The number of nitrogens with one attached hydrogen (secondary N) is 5. The summed E-state index contributed by atoms with van der Waals surface area (Å²) in [6, 6.07) is 0. The fourth-order valence-electron chi connectivity index (χ4n) is 3.44. The number of hydrogen-bond acceptors (Lipinski definition) is 6. The van der Waals surface area contributed by atoms with Crippen molar-refractivity contribution in [1.29, 1.82) is 0 Å². The number of fused-ring (bicyclic) bond motifs is 1. The normalized spacial score (nSPS) is 31.4. The van der Waals surface area contributed by atoms with Crippen LogP contribution < -0.4 is 26.6 Å². The monoisotopic (exact) mass is 364 g/mol. The molecule has 1 saturated heterocycles. The van der Waals surface area contributed by atoms with Crippen LogP contribution >= 0.6 is 11.6 Å². The Labute approximate surface area is 151 Å². The minimum atomic E-state index is -0.215. The molecule has 0 amide bonds. The molecule has 0 radical (unpaired) electrons. The zero-order chi connectivity index (χ0) is 17.2. The van der Waals surface area contributed by atoms with Gasteiger partial charge in [-0.05, 0) is 37.9 Å². The van der Waals surface area contributed by atoms with Crippen LogP contribution in [0.15, 0.2) is 50.9 Å². The molecule has 4 aliphatic rings. The second-order valence-electron chi connectivity index (χ2n) is 6.62.